The lowest BCUT2D eigenvalue weighted by atomic mass is 10.1. The van der Waals surface area contributed by atoms with Crippen LogP contribution in [0.5, 0.6) is 0 Å². The van der Waals surface area contributed by atoms with Gasteiger partial charge in [0.05, 0.1) is 28.2 Å². The van der Waals surface area contributed by atoms with Gasteiger partial charge >= 0.3 is 5.97 Å². The Labute approximate surface area is 285 Å². The molecule has 4 rings (SSSR count). The molecule has 0 saturated carbocycles. The molecule has 3 atom stereocenters. The van der Waals surface area contributed by atoms with Gasteiger partial charge in [0.2, 0.25) is 27.8 Å². The van der Waals surface area contributed by atoms with E-state index in [2.05, 4.69) is 20.4 Å². The maximum absolute atomic E-state index is 14.0. The van der Waals surface area contributed by atoms with Gasteiger partial charge in [-0.25, -0.2) is 23.4 Å². The number of primary sulfonamides is 1. The summed E-state index contributed by atoms with van der Waals surface area (Å²) < 4.78 is 26.6. The third-order valence-corrected chi connectivity index (χ3v) is 9.43. The van der Waals surface area contributed by atoms with Crippen LogP contribution in [0.3, 0.4) is 0 Å². The maximum atomic E-state index is 14.0. The molecule has 0 fully saturated rings. The minimum absolute atomic E-state index is 0.0955. The van der Waals surface area contributed by atoms with Gasteiger partial charge in [-0.3, -0.25) is 23.9 Å². The molecule has 2 aromatic heterocycles. The standard InChI is InChI=1S/C31H38N9O7PS/c1-17-5-6-20(16-25(17)49(33,46)47)40(27(41)11-10-23(30(45)48)35-29(44)22(32)9-12-28(42)43)31-34-14-13-26(36-31)38(3)19-7-8-21-18(2)39(4)37-24(21)15-19/h5-8,13-16,22-23H,9-12,32,48H2,1-4H3,(H,35,44)(H,42,43)(H2,33,46,47)/t22-,23-/m0/s1. The number of amides is 2. The first-order chi connectivity index (χ1) is 23.0. The van der Waals surface area contributed by atoms with E-state index in [0.717, 1.165) is 27.2 Å². The van der Waals surface area contributed by atoms with E-state index in [1.54, 1.807) is 29.6 Å². The largest absolute Gasteiger partial charge is 0.481 e. The molecule has 2 heterocycles. The first-order valence-corrected chi connectivity index (χ1v) is 17.1. The molecule has 6 N–H and O–H groups in total. The van der Waals surface area contributed by atoms with Crippen LogP contribution in [0.2, 0.25) is 0 Å². The highest BCUT2D eigenvalue weighted by atomic mass is 32.2. The van der Waals surface area contributed by atoms with Crippen LogP contribution < -0.4 is 26.0 Å². The average molecular weight is 712 g/mol. The van der Waals surface area contributed by atoms with Crippen LogP contribution in [-0.4, -0.2) is 75.7 Å². The van der Waals surface area contributed by atoms with Crippen LogP contribution in [0.4, 0.5) is 23.1 Å². The number of nitrogens with one attached hydrogen (secondary N) is 1. The van der Waals surface area contributed by atoms with Gasteiger partial charge in [-0.2, -0.15) is 10.1 Å². The summed E-state index contributed by atoms with van der Waals surface area (Å²) in [6.07, 6.45) is 0.451. The van der Waals surface area contributed by atoms with E-state index in [0.29, 0.717) is 11.4 Å². The second-order valence-corrected chi connectivity index (χ2v) is 13.5. The van der Waals surface area contributed by atoms with Crippen LogP contribution in [0.1, 0.15) is 36.9 Å². The summed E-state index contributed by atoms with van der Waals surface area (Å²) in [4.78, 5) is 61.5. The van der Waals surface area contributed by atoms with E-state index in [-0.39, 0.29) is 42.2 Å². The molecular formula is C31H38N9O7PS. The van der Waals surface area contributed by atoms with Crippen LogP contribution >= 0.6 is 9.24 Å². The lowest BCUT2D eigenvalue weighted by molar-refractivity contribution is -0.137. The van der Waals surface area contributed by atoms with E-state index in [1.807, 2.05) is 41.4 Å². The van der Waals surface area contributed by atoms with Crippen LogP contribution in [-0.2, 0) is 36.2 Å². The Hall–Kier alpha value is -4.83. The number of rotatable bonds is 14. The van der Waals surface area contributed by atoms with Gasteiger partial charge in [0.15, 0.2) is 5.52 Å². The summed E-state index contributed by atoms with van der Waals surface area (Å²) in [5.41, 5.74) is 8.23. The minimum Gasteiger partial charge on any atom is -0.481 e. The summed E-state index contributed by atoms with van der Waals surface area (Å²) in [5.74, 6) is -2.21. The zero-order valence-electron chi connectivity index (χ0n) is 27.3. The summed E-state index contributed by atoms with van der Waals surface area (Å²) in [5, 5.41) is 22.4. The van der Waals surface area contributed by atoms with Crippen molar-refractivity contribution in [2.75, 3.05) is 16.8 Å². The van der Waals surface area contributed by atoms with Crippen LogP contribution in [0, 0.1) is 13.8 Å². The molecule has 4 aromatic rings. The number of nitrogens with zero attached hydrogens (tertiary/aromatic N) is 6. The first-order valence-electron chi connectivity index (χ1n) is 15.0. The first kappa shape index (κ1) is 37.0. The molecule has 0 bridgehead atoms. The minimum atomic E-state index is -4.18. The van der Waals surface area contributed by atoms with Crippen molar-refractivity contribution >= 4 is 76.6 Å². The normalized spacial score (nSPS) is 12.7. The number of sulfonamides is 1. The predicted octanol–water partition coefficient (Wildman–Crippen LogP) is 1.92. The predicted molar refractivity (Wildman–Crippen MR) is 186 cm³/mol. The monoisotopic (exact) mass is 711 g/mol. The maximum Gasteiger partial charge on any atom is 0.303 e. The molecule has 1 unspecified atom stereocenters. The average Bonchev–Trinajstić information content (AvgIpc) is 3.33. The highest BCUT2D eigenvalue weighted by molar-refractivity contribution is 7.89. The van der Waals surface area contributed by atoms with E-state index >= 15 is 0 Å². The lowest BCUT2D eigenvalue weighted by Crippen LogP contribution is -2.47. The number of aromatic nitrogens is 4. The quantitative estimate of drug-likeness (QED) is 0.137. The number of fused-ring (bicyclic) bond motifs is 1. The third kappa shape index (κ3) is 8.80. The number of hydrogen-bond donors (Lipinski definition) is 4. The van der Waals surface area contributed by atoms with Crippen LogP contribution in [0.25, 0.3) is 10.9 Å². The number of aliphatic carboxylic acids is 1. The fourth-order valence-corrected chi connectivity index (χ4v) is 6.11. The second kappa shape index (κ2) is 15.2. The number of anilines is 4. The molecule has 260 valence electrons. The Morgan fingerprint density at radius 1 is 1.04 bits per heavy atom. The van der Waals surface area contributed by atoms with Crippen molar-refractivity contribution in [3.8, 4) is 0 Å². The number of nitrogens with two attached hydrogens (primary N) is 2. The van der Waals surface area contributed by atoms with E-state index in [1.165, 1.54) is 24.4 Å². The van der Waals surface area contributed by atoms with Gasteiger partial charge < -0.3 is 21.1 Å². The van der Waals surface area contributed by atoms with E-state index in [4.69, 9.17) is 16.0 Å². The van der Waals surface area contributed by atoms with Crippen molar-refractivity contribution in [3.05, 3.63) is 59.9 Å². The summed E-state index contributed by atoms with van der Waals surface area (Å²) >= 11 is 0. The van der Waals surface area contributed by atoms with E-state index < -0.39 is 45.4 Å². The molecule has 2 amide bonds. The van der Waals surface area contributed by atoms with Crippen molar-refractivity contribution in [1.29, 1.82) is 0 Å². The number of benzene rings is 2. The zero-order valence-corrected chi connectivity index (χ0v) is 29.3. The molecule has 0 radical (unpaired) electrons. The summed E-state index contributed by atoms with van der Waals surface area (Å²) in [6, 6.07) is 9.29. The van der Waals surface area contributed by atoms with Gasteiger partial charge in [0.25, 0.3) is 0 Å². The molecule has 16 nitrogen and oxygen atoms in total. The molecular weight excluding hydrogens is 673 g/mol. The Morgan fingerprint density at radius 2 is 1.73 bits per heavy atom. The van der Waals surface area contributed by atoms with Gasteiger partial charge in [0.1, 0.15) is 5.82 Å². The summed E-state index contributed by atoms with van der Waals surface area (Å²) in [6.45, 7) is 3.52. The van der Waals surface area contributed by atoms with Crippen molar-refractivity contribution < 1.29 is 32.7 Å². The van der Waals surface area contributed by atoms with Crippen molar-refractivity contribution in [2.24, 2.45) is 17.9 Å². The molecule has 18 heteroatoms. The number of carbonyl (C=O) groups is 4. The van der Waals surface area contributed by atoms with Crippen LogP contribution in [0.15, 0.2) is 53.6 Å². The molecule has 49 heavy (non-hydrogen) atoms. The molecule has 2 aromatic carbocycles. The Kier molecular flexibility index (Phi) is 11.4. The van der Waals surface area contributed by atoms with Gasteiger partial charge in [0, 0.05) is 49.9 Å². The number of carboxylic acid groups (broad SMARTS) is 1. The molecule has 0 spiro atoms. The van der Waals surface area contributed by atoms with Gasteiger partial charge in [-0.1, -0.05) is 15.3 Å². The molecule has 0 aliphatic carbocycles. The number of aryl methyl sites for hydroxylation is 3. The third-order valence-electron chi connectivity index (χ3n) is 7.97. The summed E-state index contributed by atoms with van der Waals surface area (Å²) in [7, 11) is 1.40. The highest BCUT2D eigenvalue weighted by Gasteiger charge is 2.28. The number of carbonyl (C=O) groups excluding carboxylic acids is 3. The SMILES string of the molecule is Cc1ccc(N(C(=O)CC[C@H](NC(=O)[C@@H](N)CCC(=O)O)C(=O)P)c2nccc(N(C)c3ccc4c(C)n(C)nc4c3)n2)cc1S(N)(=O)=O. The Bertz CT molecular complexity index is 2040. The molecule has 0 aliphatic heterocycles. The van der Waals surface area contributed by atoms with Gasteiger partial charge in [-0.05, 0) is 68.7 Å². The van der Waals surface area contributed by atoms with Crippen molar-refractivity contribution in [2.45, 2.75) is 56.5 Å². The topological polar surface area (TPSA) is 237 Å². The fourth-order valence-electron chi connectivity index (χ4n) is 5.05. The smallest absolute Gasteiger partial charge is 0.303 e. The molecule has 0 aliphatic rings. The number of carboxylic acids is 1. The Balaban J connectivity index is 1.68. The fraction of sp³-hybridized carbons (Fsp3) is 0.323. The number of hydrogen-bond acceptors (Lipinski definition) is 11. The zero-order chi connectivity index (χ0) is 36.2. The van der Waals surface area contributed by atoms with E-state index in [9.17, 15) is 27.6 Å². The Morgan fingerprint density at radius 3 is 2.39 bits per heavy atom. The second-order valence-electron chi connectivity index (χ2n) is 11.4. The van der Waals surface area contributed by atoms with Crippen molar-refractivity contribution in [3.63, 3.8) is 0 Å². The highest BCUT2D eigenvalue weighted by Crippen LogP contribution is 2.31. The lowest BCUT2D eigenvalue weighted by Gasteiger charge is -2.25. The van der Waals surface area contributed by atoms with Gasteiger partial charge in [-0.15, -0.1) is 0 Å². The molecule has 0 saturated heterocycles. The van der Waals surface area contributed by atoms with Crippen molar-refractivity contribution in [1.82, 2.24) is 25.1 Å².